The van der Waals surface area contributed by atoms with Gasteiger partial charge in [0.15, 0.2) is 5.71 Å². The molecule has 0 aliphatic carbocycles. The van der Waals surface area contributed by atoms with Crippen LogP contribution in [0.25, 0.3) is 0 Å². The van der Waals surface area contributed by atoms with Gasteiger partial charge in [0, 0.05) is 79.2 Å². The SMILES string of the molecule is CCO[Si](CCCNC(=CC1=[N+](CC)c2ccccc2C1(C)C)C=C1N(CC)c2ccccc2C1(C)C)(OCC)OCC. The standard InChI is InChI=1S/C36H53N3O3Si/c1-10-38-31-22-17-15-20-29(31)35(6,7)33(38)26-28(37-24-19-25-43(40-12-3,41-13-4)42-14-5)27-34-36(8,9)30-21-16-18-23-32(30)39(34)11-2/h15-18,20-23,26-27H,10-14,19,24-25H2,1-9H3/p+1. The molecule has 0 aromatic heterocycles. The third kappa shape index (κ3) is 6.55. The number of hydrogen-bond donors (Lipinski definition) is 1. The molecule has 234 valence electrons. The summed E-state index contributed by atoms with van der Waals surface area (Å²) in [4.78, 5) is 2.47. The van der Waals surface area contributed by atoms with E-state index in [0.717, 1.165) is 37.8 Å². The smallest absolute Gasteiger partial charge is 0.385 e. The van der Waals surface area contributed by atoms with Crippen molar-refractivity contribution < 1.29 is 17.9 Å². The molecule has 4 rings (SSSR count). The van der Waals surface area contributed by atoms with E-state index in [2.05, 4.69) is 117 Å². The lowest BCUT2D eigenvalue weighted by molar-refractivity contribution is -0.433. The predicted molar refractivity (Wildman–Crippen MR) is 182 cm³/mol. The number of fused-ring (bicyclic) bond motifs is 2. The van der Waals surface area contributed by atoms with Gasteiger partial charge >= 0.3 is 8.80 Å². The minimum atomic E-state index is -2.70. The number of anilines is 1. The van der Waals surface area contributed by atoms with Gasteiger partial charge in [-0.15, -0.1) is 0 Å². The summed E-state index contributed by atoms with van der Waals surface area (Å²) < 4.78 is 20.9. The maximum atomic E-state index is 6.14. The zero-order chi connectivity index (χ0) is 31.3. The zero-order valence-corrected chi connectivity index (χ0v) is 29.0. The van der Waals surface area contributed by atoms with Crippen LogP contribution in [-0.4, -0.2) is 58.5 Å². The molecule has 6 nitrogen and oxygen atoms in total. The normalized spacial score (nSPS) is 18.4. The van der Waals surface area contributed by atoms with E-state index in [1.54, 1.807) is 0 Å². The van der Waals surface area contributed by atoms with E-state index in [4.69, 9.17) is 13.3 Å². The molecule has 0 fully saturated rings. The van der Waals surface area contributed by atoms with Crippen molar-refractivity contribution >= 4 is 25.9 Å². The summed E-state index contributed by atoms with van der Waals surface area (Å²) in [6.45, 7) is 24.3. The van der Waals surface area contributed by atoms with Crippen molar-refractivity contribution in [2.75, 3.05) is 44.4 Å². The summed E-state index contributed by atoms with van der Waals surface area (Å²) in [7, 11) is -2.70. The van der Waals surface area contributed by atoms with E-state index in [0.29, 0.717) is 19.8 Å². The second-order valence-electron chi connectivity index (χ2n) is 12.3. The van der Waals surface area contributed by atoms with Crippen molar-refractivity contribution in [3.63, 3.8) is 0 Å². The van der Waals surface area contributed by atoms with Crippen LogP contribution in [0.4, 0.5) is 11.4 Å². The average molecular weight is 605 g/mol. The van der Waals surface area contributed by atoms with Crippen LogP contribution in [0.3, 0.4) is 0 Å². The largest absolute Gasteiger partial charge is 0.500 e. The van der Waals surface area contributed by atoms with Gasteiger partial charge in [0.05, 0.1) is 5.41 Å². The van der Waals surface area contributed by atoms with E-state index < -0.39 is 8.80 Å². The van der Waals surface area contributed by atoms with E-state index >= 15 is 0 Å². The molecular formula is C36H54N3O3Si+. The van der Waals surface area contributed by atoms with Crippen LogP contribution < -0.4 is 10.2 Å². The highest BCUT2D eigenvalue weighted by atomic mass is 28.4. The molecule has 2 aliphatic rings. The molecule has 2 aromatic rings. The second kappa shape index (κ2) is 13.9. The van der Waals surface area contributed by atoms with Gasteiger partial charge in [-0.3, -0.25) is 0 Å². The third-order valence-electron chi connectivity index (χ3n) is 8.90. The van der Waals surface area contributed by atoms with E-state index in [-0.39, 0.29) is 10.8 Å². The Morgan fingerprint density at radius 1 is 0.837 bits per heavy atom. The number of benzene rings is 2. The summed E-state index contributed by atoms with van der Waals surface area (Å²) in [6, 6.07) is 18.5. The maximum absolute atomic E-state index is 6.14. The first kappa shape index (κ1) is 33.2. The Morgan fingerprint density at radius 2 is 1.44 bits per heavy atom. The molecule has 7 heteroatoms. The van der Waals surface area contributed by atoms with Crippen LogP contribution >= 0.6 is 0 Å². The number of rotatable bonds is 15. The first-order valence-corrected chi connectivity index (χ1v) is 18.2. The summed E-state index contributed by atoms with van der Waals surface area (Å²) in [6.07, 6.45) is 5.67. The third-order valence-corrected chi connectivity index (χ3v) is 12.0. The van der Waals surface area contributed by atoms with Crippen molar-refractivity contribution in [1.82, 2.24) is 5.32 Å². The number of likely N-dealkylation sites (N-methyl/N-ethyl adjacent to an activating group) is 1. The van der Waals surface area contributed by atoms with Crippen molar-refractivity contribution in [2.24, 2.45) is 0 Å². The average Bonchev–Trinajstić information content (AvgIpc) is 3.34. The summed E-state index contributed by atoms with van der Waals surface area (Å²) >= 11 is 0. The summed E-state index contributed by atoms with van der Waals surface area (Å²) in [5, 5.41) is 3.86. The van der Waals surface area contributed by atoms with Crippen LogP contribution in [0.1, 0.15) is 79.9 Å². The van der Waals surface area contributed by atoms with Crippen molar-refractivity contribution in [3.05, 3.63) is 83.2 Å². The maximum Gasteiger partial charge on any atom is 0.500 e. The molecule has 0 atom stereocenters. The topological polar surface area (TPSA) is 46.0 Å². The quantitative estimate of drug-likeness (QED) is 0.128. The highest BCUT2D eigenvalue weighted by molar-refractivity contribution is 6.60. The van der Waals surface area contributed by atoms with Gasteiger partial charge in [0.1, 0.15) is 6.54 Å². The highest BCUT2D eigenvalue weighted by Gasteiger charge is 2.45. The molecule has 0 amide bonds. The Kier molecular flexibility index (Phi) is 10.8. The van der Waals surface area contributed by atoms with Crippen LogP contribution in [0.15, 0.2) is 72.1 Å². The van der Waals surface area contributed by atoms with Gasteiger partial charge in [0.25, 0.3) is 0 Å². The summed E-state index contributed by atoms with van der Waals surface area (Å²) in [5.41, 5.74) is 8.88. The van der Waals surface area contributed by atoms with E-state index in [1.165, 1.54) is 33.9 Å². The molecule has 2 aromatic carbocycles. The first-order chi connectivity index (χ1) is 20.6. The van der Waals surface area contributed by atoms with Crippen LogP contribution in [0, 0.1) is 0 Å². The van der Waals surface area contributed by atoms with Crippen molar-refractivity contribution in [1.29, 1.82) is 0 Å². The highest BCUT2D eigenvalue weighted by Crippen LogP contribution is 2.48. The molecule has 43 heavy (non-hydrogen) atoms. The second-order valence-corrected chi connectivity index (χ2v) is 15.0. The van der Waals surface area contributed by atoms with Gasteiger partial charge in [-0.2, -0.15) is 4.58 Å². The molecule has 2 heterocycles. The Bertz CT molecular complexity index is 1340. The molecule has 0 saturated heterocycles. The number of nitrogens with zero attached hydrogens (tertiary/aromatic N) is 2. The van der Waals surface area contributed by atoms with Gasteiger partial charge in [0.2, 0.25) is 5.69 Å². The molecule has 0 unspecified atom stereocenters. The van der Waals surface area contributed by atoms with Crippen LogP contribution in [0.5, 0.6) is 0 Å². The molecule has 0 saturated carbocycles. The van der Waals surface area contributed by atoms with Crippen LogP contribution in [0.2, 0.25) is 6.04 Å². The lowest BCUT2D eigenvalue weighted by Gasteiger charge is -2.29. The molecule has 0 radical (unpaired) electrons. The Morgan fingerprint density at radius 3 is 2.05 bits per heavy atom. The fraction of sp³-hybridized carbons (Fsp3) is 0.528. The first-order valence-electron chi connectivity index (χ1n) is 16.3. The fourth-order valence-electron chi connectivity index (χ4n) is 6.86. The monoisotopic (exact) mass is 604 g/mol. The number of allylic oxidation sites excluding steroid dienone is 3. The molecule has 2 aliphatic heterocycles. The van der Waals surface area contributed by atoms with Gasteiger partial charge in [-0.1, -0.05) is 50.2 Å². The Hall–Kier alpha value is -2.71. The predicted octanol–water partition coefficient (Wildman–Crippen LogP) is 7.70. The van der Waals surface area contributed by atoms with Gasteiger partial charge < -0.3 is 23.5 Å². The number of para-hydroxylation sites is 2. The van der Waals surface area contributed by atoms with Gasteiger partial charge in [-0.25, -0.2) is 0 Å². The van der Waals surface area contributed by atoms with Crippen LogP contribution in [-0.2, 0) is 24.1 Å². The van der Waals surface area contributed by atoms with E-state index in [1.807, 2.05) is 20.8 Å². The fourth-order valence-corrected chi connectivity index (χ4v) is 9.47. The van der Waals surface area contributed by atoms with Crippen molar-refractivity contribution in [3.8, 4) is 0 Å². The van der Waals surface area contributed by atoms with E-state index in [9.17, 15) is 0 Å². The molecular weight excluding hydrogens is 551 g/mol. The molecule has 0 bridgehead atoms. The Balaban J connectivity index is 1.73. The minimum Gasteiger partial charge on any atom is -0.385 e. The number of hydrogen-bond acceptors (Lipinski definition) is 5. The lowest BCUT2D eigenvalue weighted by atomic mass is 9.81. The zero-order valence-electron chi connectivity index (χ0n) is 28.0. The molecule has 0 spiro atoms. The molecule has 1 N–H and O–H groups in total. The van der Waals surface area contributed by atoms with Crippen molar-refractivity contribution in [2.45, 2.75) is 85.6 Å². The number of nitrogens with one attached hydrogen (secondary N) is 1. The minimum absolute atomic E-state index is 0.113. The van der Waals surface area contributed by atoms with Gasteiger partial charge in [-0.05, 0) is 72.6 Å². The lowest BCUT2D eigenvalue weighted by Crippen LogP contribution is -2.46. The Labute approximate surface area is 261 Å². The summed E-state index contributed by atoms with van der Waals surface area (Å²) in [5.74, 6) is 0.